The zero-order chi connectivity index (χ0) is 11.9. The highest BCUT2D eigenvalue weighted by atomic mass is 16.7. The lowest BCUT2D eigenvalue weighted by molar-refractivity contribution is -0.895. The molecule has 4 nitrogen and oxygen atoms in total. The molecule has 0 amide bonds. The minimum absolute atomic E-state index is 0.460. The average Bonchev–Trinajstić information content (AvgIpc) is 2.39. The highest BCUT2D eigenvalue weighted by molar-refractivity contribution is 5.74. The molecule has 0 aliphatic heterocycles. The molecule has 0 spiro atoms. The van der Waals surface area contributed by atoms with E-state index in [0.29, 0.717) is 12.3 Å². The lowest BCUT2D eigenvalue weighted by Crippen LogP contribution is -2.45. The maximum absolute atomic E-state index is 8.53. The molecule has 0 aliphatic carbocycles. The molecule has 4 heteroatoms. The summed E-state index contributed by atoms with van der Waals surface area (Å²) < 4.78 is 1.56. The van der Waals surface area contributed by atoms with Crippen LogP contribution >= 0.6 is 0 Å². The predicted molar refractivity (Wildman–Crippen MR) is 62.7 cm³/mol. The van der Waals surface area contributed by atoms with Crippen LogP contribution in [0.2, 0.25) is 0 Å². The second-order valence-electron chi connectivity index (χ2n) is 3.45. The third-order valence-electron chi connectivity index (χ3n) is 2.26. The summed E-state index contributed by atoms with van der Waals surface area (Å²) in [7, 11) is 0. The first kappa shape index (κ1) is 11.1. The van der Waals surface area contributed by atoms with Crippen LogP contribution < -0.4 is 9.57 Å². The number of rotatable bonds is 4. The van der Waals surface area contributed by atoms with Crippen molar-refractivity contribution in [3.63, 3.8) is 0 Å². The predicted octanol–water partition coefficient (Wildman–Crippen LogP) is 1.41. The number of hydrogen-bond donors (Lipinski definition) is 1. The van der Waals surface area contributed by atoms with Crippen LogP contribution in [-0.2, 0) is 6.61 Å². The molecule has 0 atom stereocenters. The summed E-state index contributed by atoms with van der Waals surface area (Å²) in [6, 6.07) is 15.4. The van der Waals surface area contributed by atoms with E-state index < -0.39 is 0 Å². The van der Waals surface area contributed by atoms with E-state index in [2.05, 4.69) is 5.16 Å². The van der Waals surface area contributed by atoms with Crippen molar-refractivity contribution in [3.8, 4) is 0 Å². The Bertz CT molecular complexity index is 498. The Kier molecular flexibility index (Phi) is 3.70. The normalized spacial score (nSPS) is 10.6. The minimum Gasteiger partial charge on any atom is -0.411 e. The molecule has 0 bridgehead atoms. The summed E-state index contributed by atoms with van der Waals surface area (Å²) in [6.07, 6.45) is 3.09. The third kappa shape index (κ3) is 3.04. The van der Waals surface area contributed by atoms with Crippen molar-refractivity contribution in [2.75, 3.05) is 0 Å². The molecule has 0 saturated carbocycles. The van der Waals surface area contributed by atoms with Crippen molar-refractivity contribution >= 4 is 6.21 Å². The molecule has 0 aliphatic rings. The second-order valence-corrected chi connectivity index (χ2v) is 3.45. The van der Waals surface area contributed by atoms with E-state index in [1.54, 1.807) is 17.0 Å². The summed E-state index contributed by atoms with van der Waals surface area (Å²) in [5, 5.41) is 11.5. The van der Waals surface area contributed by atoms with Crippen molar-refractivity contribution in [2.24, 2.45) is 5.16 Å². The van der Waals surface area contributed by atoms with E-state index in [1.165, 1.54) is 6.21 Å². The zero-order valence-corrected chi connectivity index (χ0v) is 9.23. The fourth-order valence-corrected chi connectivity index (χ4v) is 1.44. The maximum atomic E-state index is 8.53. The van der Waals surface area contributed by atoms with Crippen LogP contribution in [-0.4, -0.2) is 11.4 Å². The smallest absolute Gasteiger partial charge is 0.278 e. The Hall–Kier alpha value is -2.36. The number of pyridine rings is 1. The molecule has 1 aromatic heterocycles. The lowest BCUT2D eigenvalue weighted by atomic mass is 10.2. The maximum Gasteiger partial charge on any atom is 0.278 e. The number of nitrogens with zero attached hydrogens (tertiary/aromatic N) is 2. The molecule has 0 unspecified atom stereocenters. The number of benzene rings is 1. The molecule has 2 rings (SSSR count). The number of oxime groups is 1. The highest BCUT2D eigenvalue weighted by Gasteiger charge is 2.09. The van der Waals surface area contributed by atoms with Crippen LogP contribution in [0.5, 0.6) is 0 Å². The van der Waals surface area contributed by atoms with Crippen molar-refractivity contribution in [3.05, 3.63) is 66.0 Å². The van der Waals surface area contributed by atoms with Gasteiger partial charge in [-0.3, -0.25) is 4.84 Å². The summed E-state index contributed by atoms with van der Waals surface area (Å²) in [4.78, 5) is 5.59. The van der Waals surface area contributed by atoms with Crippen LogP contribution in [0.1, 0.15) is 11.3 Å². The molecule has 0 radical (unpaired) electrons. The average molecular weight is 229 g/mol. The van der Waals surface area contributed by atoms with Gasteiger partial charge in [-0.25, -0.2) is 0 Å². The van der Waals surface area contributed by atoms with Crippen LogP contribution in [0.25, 0.3) is 0 Å². The highest BCUT2D eigenvalue weighted by Crippen LogP contribution is 1.97. The van der Waals surface area contributed by atoms with Gasteiger partial charge in [0.2, 0.25) is 6.20 Å². The Morgan fingerprint density at radius 3 is 2.65 bits per heavy atom. The fourth-order valence-electron chi connectivity index (χ4n) is 1.44. The molecule has 1 aromatic carbocycles. The largest absolute Gasteiger partial charge is 0.411 e. The molecule has 86 valence electrons. The van der Waals surface area contributed by atoms with Gasteiger partial charge in [-0.2, -0.15) is 0 Å². The van der Waals surface area contributed by atoms with Gasteiger partial charge >= 0.3 is 0 Å². The fraction of sp³-hybridized carbons (Fsp3) is 0.0769. The standard InChI is InChI=1S/C13H12N2O2/c16-14-10-13-8-4-5-9-15(13)17-11-12-6-2-1-3-7-12/h1-10H,11H2/p+1. The first-order valence-electron chi connectivity index (χ1n) is 5.25. The topological polar surface area (TPSA) is 45.7 Å². The second kappa shape index (κ2) is 5.65. The Balaban J connectivity index is 2.09. The summed E-state index contributed by atoms with van der Waals surface area (Å²) in [5.74, 6) is 0. The molecular formula is C13H13N2O2+. The first-order valence-corrected chi connectivity index (χ1v) is 5.25. The van der Waals surface area contributed by atoms with Crippen molar-refractivity contribution in [1.29, 1.82) is 0 Å². The van der Waals surface area contributed by atoms with Crippen molar-refractivity contribution in [2.45, 2.75) is 6.61 Å². The lowest BCUT2D eigenvalue weighted by Gasteiger charge is -2.00. The van der Waals surface area contributed by atoms with Gasteiger partial charge in [-0.15, -0.1) is 0 Å². The molecule has 0 saturated heterocycles. The van der Waals surface area contributed by atoms with Gasteiger partial charge in [-0.1, -0.05) is 35.5 Å². The molecule has 17 heavy (non-hydrogen) atoms. The first-order chi connectivity index (χ1) is 8.40. The SMILES string of the molecule is O/N=C/c1cccc[n+]1OCc1ccccc1. The van der Waals surface area contributed by atoms with Gasteiger partial charge in [0.05, 0.1) is 0 Å². The van der Waals surface area contributed by atoms with Gasteiger partial charge < -0.3 is 5.21 Å². The van der Waals surface area contributed by atoms with Crippen LogP contribution in [0.3, 0.4) is 0 Å². The molecule has 2 aromatic rings. The van der Waals surface area contributed by atoms with E-state index in [0.717, 1.165) is 5.56 Å². The molecular weight excluding hydrogens is 216 g/mol. The van der Waals surface area contributed by atoms with E-state index in [-0.39, 0.29) is 0 Å². The molecule has 1 heterocycles. The van der Waals surface area contributed by atoms with E-state index in [4.69, 9.17) is 10.0 Å². The van der Waals surface area contributed by atoms with Gasteiger partial charge in [-0.05, 0) is 11.6 Å². The third-order valence-corrected chi connectivity index (χ3v) is 2.26. The monoisotopic (exact) mass is 229 g/mol. The van der Waals surface area contributed by atoms with Crippen LogP contribution in [0, 0.1) is 0 Å². The van der Waals surface area contributed by atoms with E-state index in [9.17, 15) is 0 Å². The quantitative estimate of drug-likeness (QED) is 0.373. The van der Waals surface area contributed by atoms with Gasteiger partial charge in [0.25, 0.3) is 5.69 Å². The van der Waals surface area contributed by atoms with Gasteiger partial charge in [0.15, 0.2) is 6.61 Å². The van der Waals surface area contributed by atoms with Crippen LogP contribution in [0.4, 0.5) is 0 Å². The Morgan fingerprint density at radius 1 is 1.12 bits per heavy atom. The van der Waals surface area contributed by atoms with Crippen LogP contribution in [0.15, 0.2) is 59.9 Å². The van der Waals surface area contributed by atoms with Gasteiger partial charge in [0.1, 0.15) is 6.21 Å². The van der Waals surface area contributed by atoms with Crippen molar-refractivity contribution < 1.29 is 14.8 Å². The number of hydrogen-bond acceptors (Lipinski definition) is 3. The minimum atomic E-state index is 0.460. The Labute approximate surface area is 99.4 Å². The zero-order valence-electron chi connectivity index (χ0n) is 9.23. The summed E-state index contributed by atoms with van der Waals surface area (Å²) in [6.45, 7) is 0.460. The van der Waals surface area contributed by atoms with E-state index in [1.807, 2.05) is 42.5 Å². The van der Waals surface area contributed by atoms with E-state index >= 15 is 0 Å². The summed E-state index contributed by atoms with van der Waals surface area (Å²) in [5.41, 5.74) is 1.75. The van der Waals surface area contributed by atoms with Gasteiger partial charge in [0, 0.05) is 16.9 Å². The molecule has 1 N–H and O–H groups in total. The Morgan fingerprint density at radius 2 is 1.88 bits per heavy atom. The summed E-state index contributed by atoms with van der Waals surface area (Å²) >= 11 is 0. The van der Waals surface area contributed by atoms with Crippen molar-refractivity contribution in [1.82, 2.24) is 0 Å². The number of aromatic nitrogens is 1. The molecule has 0 fully saturated rings.